The van der Waals surface area contributed by atoms with Gasteiger partial charge in [-0.1, -0.05) is 13.8 Å². The second-order valence-electron chi connectivity index (χ2n) is 4.04. The van der Waals surface area contributed by atoms with Crippen LogP contribution in [0, 0.1) is 17.2 Å². The maximum atomic E-state index is 11.4. The number of hydrogen-bond donors (Lipinski definition) is 3. The summed E-state index contributed by atoms with van der Waals surface area (Å²) in [5.74, 6) is -0.255. The molecule has 0 heterocycles. The molecule has 0 aliphatic heterocycles. The summed E-state index contributed by atoms with van der Waals surface area (Å²) in [6.07, 6.45) is 0.924. The van der Waals surface area contributed by atoms with E-state index in [2.05, 4.69) is 19.2 Å². The van der Waals surface area contributed by atoms with Gasteiger partial charge in [0.1, 0.15) is 11.6 Å². The summed E-state index contributed by atoms with van der Waals surface area (Å²) in [6, 6.07) is 0.768. The zero-order valence-corrected chi connectivity index (χ0v) is 10.3. The number of rotatable bonds is 5. The van der Waals surface area contributed by atoms with E-state index in [9.17, 15) is 9.59 Å². The predicted octanol–water partition coefficient (Wildman–Crippen LogP) is 0.615. The molecule has 0 aromatic rings. The SMILES string of the molecule is CC(NCCC(C)C)=C(C#N)C(=O)NC(N)=O. The number of carbonyl (C=O) groups is 2. The van der Waals surface area contributed by atoms with Gasteiger partial charge in [-0.3, -0.25) is 10.1 Å². The monoisotopic (exact) mass is 238 g/mol. The van der Waals surface area contributed by atoms with Crippen molar-refractivity contribution in [3.8, 4) is 6.07 Å². The number of nitrogens with two attached hydrogens (primary N) is 1. The van der Waals surface area contributed by atoms with E-state index in [-0.39, 0.29) is 5.57 Å². The first kappa shape index (κ1) is 15.0. The van der Waals surface area contributed by atoms with Crippen LogP contribution in [0.15, 0.2) is 11.3 Å². The lowest BCUT2D eigenvalue weighted by Gasteiger charge is -2.10. The van der Waals surface area contributed by atoms with Crippen LogP contribution >= 0.6 is 0 Å². The molecule has 0 aromatic heterocycles. The molecule has 0 atom stereocenters. The van der Waals surface area contributed by atoms with Crippen LogP contribution in [0.25, 0.3) is 0 Å². The molecule has 0 fully saturated rings. The van der Waals surface area contributed by atoms with Gasteiger partial charge >= 0.3 is 6.03 Å². The second-order valence-corrected chi connectivity index (χ2v) is 4.04. The molecule has 17 heavy (non-hydrogen) atoms. The van der Waals surface area contributed by atoms with Crippen LogP contribution in [0.4, 0.5) is 4.79 Å². The summed E-state index contributed by atoms with van der Waals surface area (Å²) in [7, 11) is 0. The van der Waals surface area contributed by atoms with Gasteiger partial charge in [0, 0.05) is 12.2 Å². The highest BCUT2D eigenvalue weighted by Crippen LogP contribution is 2.02. The molecule has 0 aromatic carbocycles. The lowest BCUT2D eigenvalue weighted by Crippen LogP contribution is -2.36. The van der Waals surface area contributed by atoms with E-state index in [1.54, 1.807) is 13.0 Å². The number of amides is 3. The number of primary amides is 1. The van der Waals surface area contributed by atoms with Crippen LogP contribution in [-0.2, 0) is 4.79 Å². The van der Waals surface area contributed by atoms with Gasteiger partial charge in [-0.05, 0) is 19.3 Å². The van der Waals surface area contributed by atoms with E-state index in [1.165, 1.54) is 0 Å². The van der Waals surface area contributed by atoms with Gasteiger partial charge in [0.25, 0.3) is 5.91 Å². The first-order valence-electron chi connectivity index (χ1n) is 5.34. The van der Waals surface area contributed by atoms with Gasteiger partial charge in [0.15, 0.2) is 0 Å². The molecule has 0 saturated heterocycles. The summed E-state index contributed by atoms with van der Waals surface area (Å²) >= 11 is 0. The number of hydrogen-bond acceptors (Lipinski definition) is 4. The van der Waals surface area contributed by atoms with Gasteiger partial charge in [0.2, 0.25) is 0 Å². The average molecular weight is 238 g/mol. The van der Waals surface area contributed by atoms with Crippen LogP contribution in [0.3, 0.4) is 0 Å². The Bertz CT molecular complexity index is 366. The Morgan fingerprint density at radius 2 is 2.00 bits per heavy atom. The van der Waals surface area contributed by atoms with Crippen molar-refractivity contribution in [1.82, 2.24) is 10.6 Å². The Labute approximate surface area is 101 Å². The topological polar surface area (TPSA) is 108 Å². The number of carbonyl (C=O) groups excluding carboxylic acids is 2. The Morgan fingerprint density at radius 3 is 2.41 bits per heavy atom. The van der Waals surface area contributed by atoms with E-state index in [1.807, 2.05) is 5.32 Å². The largest absolute Gasteiger partial charge is 0.387 e. The lowest BCUT2D eigenvalue weighted by molar-refractivity contribution is -0.116. The highest BCUT2D eigenvalue weighted by Gasteiger charge is 2.14. The van der Waals surface area contributed by atoms with Crippen LogP contribution in [0.2, 0.25) is 0 Å². The molecule has 0 aliphatic rings. The summed E-state index contributed by atoms with van der Waals surface area (Å²) < 4.78 is 0. The van der Waals surface area contributed by atoms with Crippen molar-refractivity contribution < 1.29 is 9.59 Å². The van der Waals surface area contributed by atoms with Crippen molar-refractivity contribution in [2.75, 3.05) is 6.54 Å². The molecule has 0 unspecified atom stereocenters. The number of imide groups is 1. The molecule has 6 nitrogen and oxygen atoms in total. The van der Waals surface area contributed by atoms with E-state index >= 15 is 0 Å². The smallest absolute Gasteiger partial charge is 0.319 e. The number of nitrogens with zero attached hydrogens (tertiary/aromatic N) is 1. The molecular formula is C11H18N4O2. The molecule has 0 rings (SSSR count). The summed E-state index contributed by atoms with van der Waals surface area (Å²) in [5, 5.41) is 13.6. The summed E-state index contributed by atoms with van der Waals surface area (Å²) in [4.78, 5) is 21.9. The molecule has 4 N–H and O–H groups in total. The highest BCUT2D eigenvalue weighted by atomic mass is 16.2. The molecule has 0 bridgehead atoms. The molecule has 6 heteroatoms. The minimum absolute atomic E-state index is 0.132. The number of nitrogens with one attached hydrogen (secondary N) is 2. The van der Waals surface area contributed by atoms with Crippen molar-refractivity contribution in [3.63, 3.8) is 0 Å². The molecule has 0 spiro atoms. The Hall–Kier alpha value is -2.03. The van der Waals surface area contributed by atoms with Crippen molar-refractivity contribution in [2.45, 2.75) is 27.2 Å². The van der Waals surface area contributed by atoms with Crippen LogP contribution in [0.1, 0.15) is 27.2 Å². The van der Waals surface area contributed by atoms with Gasteiger partial charge in [0.05, 0.1) is 0 Å². The Kier molecular flexibility index (Phi) is 6.41. The summed E-state index contributed by atoms with van der Waals surface area (Å²) in [5.41, 5.74) is 5.11. The third-order valence-corrected chi connectivity index (χ3v) is 2.06. The molecule has 0 saturated carbocycles. The predicted molar refractivity (Wildman–Crippen MR) is 63.5 cm³/mol. The van der Waals surface area contributed by atoms with Crippen molar-refractivity contribution in [2.24, 2.45) is 11.7 Å². The second kappa shape index (κ2) is 7.28. The third kappa shape index (κ3) is 6.20. The van der Waals surface area contributed by atoms with Crippen LogP contribution in [0.5, 0.6) is 0 Å². The number of nitriles is 1. The number of allylic oxidation sites excluding steroid dienone is 1. The standard InChI is InChI=1S/C11H18N4O2/c1-7(2)4-5-14-8(3)9(6-12)10(16)15-11(13)17/h7,14H,4-5H2,1-3H3,(H3,13,15,16,17). The first-order chi connectivity index (χ1) is 7.88. The van der Waals surface area contributed by atoms with Crippen LogP contribution < -0.4 is 16.4 Å². The molecule has 0 radical (unpaired) electrons. The normalized spacial score (nSPS) is 11.5. The Balaban J connectivity index is 4.54. The van der Waals surface area contributed by atoms with Gasteiger partial charge < -0.3 is 11.1 Å². The van der Waals surface area contributed by atoms with Gasteiger partial charge in [-0.15, -0.1) is 0 Å². The minimum Gasteiger partial charge on any atom is -0.387 e. The number of urea groups is 1. The third-order valence-electron chi connectivity index (χ3n) is 2.06. The zero-order chi connectivity index (χ0) is 13.4. The van der Waals surface area contributed by atoms with E-state index in [0.717, 1.165) is 6.42 Å². The molecule has 94 valence electrons. The van der Waals surface area contributed by atoms with Crippen molar-refractivity contribution in [3.05, 3.63) is 11.3 Å². The molecular weight excluding hydrogens is 220 g/mol. The van der Waals surface area contributed by atoms with Crippen molar-refractivity contribution >= 4 is 11.9 Å². The zero-order valence-electron chi connectivity index (χ0n) is 10.3. The first-order valence-corrected chi connectivity index (χ1v) is 5.34. The van der Waals surface area contributed by atoms with Crippen LogP contribution in [-0.4, -0.2) is 18.5 Å². The fourth-order valence-corrected chi connectivity index (χ4v) is 1.12. The Morgan fingerprint density at radius 1 is 1.41 bits per heavy atom. The maximum absolute atomic E-state index is 11.4. The highest BCUT2D eigenvalue weighted by molar-refractivity contribution is 6.06. The van der Waals surface area contributed by atoms with Gasteiger partial charge in [-0.25, -0.2) is 4.79 Å². The van der Waals surface area contributed by atoms with E-state index in [0.29, 0.717) is 18.2 Å². The molecule has 3 amide bonds. The maximum Gasteiger partial charge on any atom is 0.319 e. The fourth-order valence-electron chi connectivity index (χ4n) is 1.12. The fraction of sp³-hybridized carbons (Fsp3) is 0.545. The lowest BCUT2D eigenvalue weighted by atomic mass is 10.1. The molecule has 0 aliphatic carbocycles. The summed E-state index contributed by atoms with van der Waals surface area (Å²) in [6.45, 7) is 6.43. The van der Waals surface area contributed by atoms with Gasteiger partial charge in [-0.2, -0.15) is 5.26 Å². The van der Waals surface area contributed by atoms with E-state index in [4.69, 9.17) is 11.0 Å². The minimum atomic E-state index is -0.974. The average Bonchev–Trinajstić information content (AvgIpc) is 2.16. The van der Waals surface area contributed by atoms with E-state index < -0.39 is 11.9 Å². The quantitative estimate of drug-likeness (QED) is 0.481. The van der Waals surface area contributed by atoms with Crippen molar-refractivity contribution in [1.29, 1.82) is 5.26 Å².